The zero-order valence-corrected chi connectivity index (χ0v) is 20.3. The molecule has 0 aliphatic heterocycles. The van der Waals surface area contributed by atoms with E-state index in [2.05, 4.69) is 10.6 Å². The van der Waals surface area contributed by atoms with Crippen LogP contribution in [0.5, 0.6) is 5.75 Å². The average molecular weight is 490 g/mol. The maximum atomic E-state index is 12.7. The van der Waals surface area contributed by atoms with Crippen molar-refractivity contribution in [2.75, 3.05) is 29.6 Å². The summed E-state index contributed by atoms with van der Waals surface area (Å²) in [5.74, 6) is -0.203. The van der Waals surface area contributed by atoms with Crippen molar-refractivity contribution in [3.8, 4) is 5.75 Å². The molecule has 5 N–H and O–H groups in total. The van der Waals surface area contributed by atoms with E-state index in [1.165, 1.54) is 6.08 Å². The molecular weight excluding hydrogens is 458 g/mol. The van der Waals surface area contributed by atoms with Gasteiger partial charge in [0, 0.05) is 11.6 Å². The Kier molecular flexibility index (Phi) is 9.48. The van der Waals surface area contributed by atoms with Crippen LogP contribution in [0.1, 0.15) is 24.2 Å². The number of rotatable bonds is 10. The summed E-state index contributed by atoms with van der Waals surface area (Å²) in [6.07, 6.45) is 1.70. The van der Waals surface area contributed by atoms with E-state index in [-0.39, 0.29) is 25.0 Å². The summed E-state index contributed by atoms with van der Waals surface area (Å²) in [5.41, 5.74) is 9.22. The second kappa shape index (κ2) is 13.0. The van der Waals surface area contributed by atoms with E-state index in [1.807, 2.05) is 32.0 Å². The van der Waals surface area contributed by atoms with Crippen molar-refractivity contribution < 1.29 is 24.2 Å². The highest BCUT2D eigenvalue weighted by molar-refractivity contribution is 6.01. The number of hydrogen-bond donors (Lipinski definition) is 4. The number of benzene rings is 3. The van der Waals surface area contributed by atoms with Gasteiger partial charge in [-0.15, -0.1) is 0 Å². The highest BCUT2D eigenvalue weighted by Gasteiger charge is 2.23. The maximum absolute atomic E-state index is 12.7. The Balaban J connectivity index is 1.77. The maximum Gasteiger partial charge on any atom is 0.412 e. The number of aryl methyl sites for hydroxylation is 1. The molecule has 8 heteroatoms. The molecule has 0 unspecified atom stereocenters. The van der Waals surface area contributed by atoms with E-state index in [1.54, 1.807) is 60.7 Å². The number of aliphatic hydroxyl groups excluding tert-OH is 1. The highest BCUT2D eigenvalue weighted by Crippen LogP contribution is 2.30. The Morgan fingerprint density at radius 1 is 1.03 bits per heavy atom. The smallest absolute Gasteiger partial charge is 0.412 e. The van der Waals surface area contributed by atoms with Gasteiger partial charge in [0.25, 0.3) is 0 Å². The van der Waals surface area contributed by atoms with E-state index in [4.69, 9.17) is 20.3 Å². The zero-order chi connectivity index (χ0) is 25.9. The number of ether oxygens (including phenoxy) is 2. The van der Waals surface area contributed by atoms with Gasteiger partial charge in [-0.1, -0.05) is 55.0 Å². The number of carbonyl (C=O) groups is 2. The molecule has 3 rings (SSSR count). The van der Waals surface area contributed by atoms with Crippen LogP contribution in [0.2, 0.25) is 0 Å². The van der Waals surface area contributed by atoms with Crippen molar-refractivity contribution in [2.45, 2.75) is 20.0 Å². The molecule has 0 heterocycles. The fourth-order valence-electron chi connectivity index (χ4n) is 3.45. The van der Waals surface area contributed by atoms with Crippen molar-refractivity contribution in [3.05, 3.63) is 96.1 Å². The lowest BCUT2D eigenvalue weighted by molar-refractivity contribution is -0.111. The van der Waals surface area contributed by atoms with Gasteiger partial charge in [-0.2, -0.15) is 0 Å². The quantitative estimate of drug-likeness (QED) is 0.233. The van der Waals surface area contributed by atoms with Gasteiger partial charge in [0.15, 0.2) is 0 Å². The molecule has 0 aliphatic carbocycles. The molecule has 0 fully saturated rings. The first-order valence-corrected chi connectivity index (χ1v) is 11.6. The van der Waals surface area contributed by atoms with Crippen LogP contribution in [0.15, 0.2) is 84.9 Å². The van der Waals surface area contributed by atoms with Gasteiger partial charge >= 0.3 is 6.09 Å². The molecule has 36 heavy (non-hydrogen) atoms. The second-order valence-corrected chi connectivity index (χ2v) is 8.26. The van der Waals surface area contributed by atoms with Gasteiger partial charge < -0.3 is 25.6 Å². The van der Waals surface area contributed by atoms with E-state index in [0.717, 1.165) is 5.56 Å². The monoisotopic (exact) mass is 489 g/mol. The molecule has 0 radical (unpaired) electrons. The molecule has 0 bridgehead atoms. The summed E-state index contributed by atoms with van der Waals surface area (Å²) >= 11 is 0. The first-order chi connectivity index (χ1) is 17.4. The molecule has 0 spiro atoms. The van der Waals surface area contributed by atoms with Crippen LogP contribution in [0, 0.1) is 12.8 Å². The third kappa shape index (κ3) is 7.89. The number of aliphatic hydroxyl groups is 1. The largest absolute Gasteiger partial charge is 0.491 e. The Labute approximate surface area is 210 Å². The van der Waals surface area contributed by atoms with Gasteiger partial charge in [-0.25, -0.2) is 4.79 Å². The van der Waals surface area contributed by atoms with Crippen molar-refractivity contribution in [2.24, 2.45) is 5.92 Å². The summed E-state index contributed by atoms with van der Waals surface area (Å²) < 4.78 is 11.3. The van der Waals surface area contributed by atoms with Crippen molar-refractivity contribution >= 4 is 29.1 Å². The lowest BCUT2D eigenvalue weighted by Gasteiger charge is -2.23. The standard InChI is InChI=1S/C28H31N3O5/c1-19-10-13-22(14-11-19)30-28(34)36-27(21-6-5-7-23(18-21)35-17-16-32)20(2)12-15-26(33)31-25-9-4-3-8-24(25)29/h3-15,18,20,27,32H,16-17,29H2,1-2H3,(H,30,34)(H,31,33)/b15-12+/t20-,27-/m1/s1. The first kappa shape index (κ1) is 26.3. The van der Waals surface area contributed by atoms with E-state index >= 15 is 0 Å². The van der Waals surface area contributed by atoms with Crippen LogP contribution in [0.4, 0.5) is 21.9 Å². The number of nitrogens with one attached hydrogen (secondary N) is 2. The van der Waals surface area contributed by atoms with E-state index in [0.29, 0.717) is 28.4 Å². The van der Waals surface area contributed by atoms with Crippen LogP contribution in [-0.4, -0.2) is 30.3 Å². The number of hydrogen-bond acceptors (Lipinski definition) is 6. The van der Waals surface area contributed by atoms with Crippen LogP contribution >= 0.6 is 0 Å². The third-order valence-electron chi connectivity index (χ3n) is 5.33. The number of amides is 2. The minimum Gasteiger partial charge on any atom is -0.491 e. The summed E-state index contributed by atoms with van der Waals surface area (Å²) in [6, 6.07) is 21.4. The van der Waals surface area contributed by atoms with Gasteiger partial charge in [-0.05, 0) is 55.0 Å². The molecule has 0 aliphatic rings. The van der Waals surface area contributed by atoms with E-state index in [9.17, 15) is 9.59 Å². The molecular formula is C28H31N3O5. The lowest BCUT2D eigenvalue weighted by Crippen LogP contribution is -2.21. The normalized spacial score (nSPS) is 12.5. The molecule has 0 aromatic heterocycles. The number of carbonyl (C=O) groups excluding carboxylic acids is 2. The van der Waals surface area contributed by atoms with Crippen LogP contribution in [0.3, 0.4) is 0 Å². The van der Waals surface area contributed by atoms with Crippen LogP contribution in [0.25, 0.3) is 0 Å². The molecule has 2 atom stereocenters. The Bertz CT molecular complexity index is 1190. The number of para-hydroxylation sites is 2. The fraction of sp³-hybridized carbons (Fsp3) is 0.214. The van der Waals surface area contributed by atoms with Gasteiger partial charge in [0.05, 0.1) is 18.0 Å². The Hall–Kier alpha value is -4.30. The Morgan fingerprint density at radius 2 is 1.78 bits per heavy atom. The van der Waals surface area contributed by atoms with Gasteiger partial charge in [0.2, 0.25) is 5.91 Å². The summed E-state index contributed by atoms with van der Waals surface area (Å²) in [7, 11) is 0. The minimum atomic E-state index is -0.723. The van der Waals surface area contributed by atoms with Gasteiger partial charge in [0.1, 0.15) is 18.5 Å². The molecule has 188 valence electrons. The predicted octanol–water partition coefficient (Wildman–Crippen LogP) is 5.07. The lowest BCUT2D eigenvalue weighted by atomic mass is 9.96. The molecule has 0 saturated carbocycles. The number of nitrogens with two attached hydrogens (primary N) is 1. The zero-order valence-electron chi connectivity index (χ0n) is 20.3. The van der Waals surface area contributed by atoms with Crippen LogP contribution < -0.4 is 21.1 Å². The van der Waals surface area contributed by atoms with Crippen molar-refractivity contribution in [3.63, 3.8) is 0 Å². The Morgan fingerprint density at radius 3 is 2.50 bits per heavy atom. The van der Waals surface area contributed by atoms with E-state index < -0.39 is 12.2 Å². The summed E-state index contributed by atoms with van der Waals surface area (Å²) in [5, 5.41) is 14.5. The van der Waals surface area contributed by atoms with Crippen molar-refractivity contribution in [1.82, 2.24) is 0 Å². The highest BCUT2D eigenvalue weighted by atomic mass is 16.6. The molecule has 3 aromatic carbocycles. The summed E-state index contributed by atoms with van der Waals surface area (Å²) in [4.78, 5) is 25.2. The molecule has 0 saturated heterocycles. The third-order valence-corrected chi connectivity index (χ3v) is 5.33. The van der Waals surface area contributed by atoms with Crippen LogP contribution in [-0.2, 0) is 9.53 Å². The van der Waals surface area contributed by atoms with Gasteiger partial charge in [-0.3, -0.25) is 10.1 Å². The minimum absolute atomic E-state index is 0.122. The first-order valence-electron chi connectivity index (χ1n) is 11.6. The second-order valence-electron chi connectivity index (χ2n) is 8.26. The average Bonchev–Trinajstić information content (AvgIpc) is 2.87. The molecule has 3 aromatic rings. The van der Waals surface area contributed by atoms with Crippen molar-refractivity contribution in [1.29, 1.82) is 0 Å². The molecule has 8 nitrogen and oxygen atoms in total. The fourth-order valence-corrected chi connectivity index (χ4v) is 3.45. The molecule has 2 amide bonds. The SMILES string of the molecule is Cc1ccc(NC(=O)O[C@@H](c2cccc(OCCO)c2)[C@H](C)/C=C/C(=O)Nc2ccccc2N)cc1. The summed E-state index contributed by atoms with van der Waals surface area (Å²) in [6.45, 7) is 3.82. The topological polar surface area (TPSA) is 123 Å². The predicted molar refractivity (Wildman–Crippen MR) is 141 cm³/mol. The number of nitrogen functional groups attached to an aromatic ring is 1. The number of anilines is 3.